The molecule has 0 radical (unpaired) electrons. The van der Waals surface area contributed by atoms with Crippen LogP contribution in [0.1, 0.15) is 17.3 Å². The monoisotopic (exact) mass is 291 g/mol. The number of para-hydroxylation sites is 1. The first-order chi connectivity index (χ1) is 9.52. The topological polar surface area (TPSA) is 76.3 Å². The molecular weight excluding hydrogens is 278 g/mol. The molecule has 0 aliphatic heterocycles. The van der Waals surface area contributed by atoms with E-state index in [1.54, 1.807) is 19.1 Å². The zero-order chi connectivity index (χ0) is 14.7. The molecule has 0 unspecified atom stereocenters. The largest absolute Gasteiger partial charge is 0.368 e. The van der Waals surface area contributed by atoms with Gasteiger partial charge in [0.05, 0.1) is 17.6 Å². The summed E-state index contributed by atoms with van der Waals surface area (Å²) in [7, 11) is 0. The number of hydrogen-bond acceptors (Lipinski definition) is 3. The van der Waals surface area contributed by atoms with E-state index >= 15 is 0 Å². The van der Waals surface area contributed by atoms with Crippen molar-refractivity contribution in [2.75, 3.05) is 13.1 Å². The molecule has 104 valence electrons. The molecule has 2 aromatic rings. The van der Waals surface area contributed by atoms with Gasteiger partial charge in [0, 0.05) is 11.9 Å². The number of nitrogens with two attached hydrogens (primary N) is 1. The minimum Gasteiger partial charge on any atom is -0.368 e. The number of pyridine rings is 1. The molecule has 1 aromatic heterocycles. The lowest BCUT2D eigenvalue weighted by molar-refractivity contribution is -0.118. The van der Waals surface area contributed by atoms with Gasteiger partial charge in [-0.3, -0.25) is 9.59 Å². The van der Waals surface area contributed by atoms with Crippen molar-refractivity contribution in [1.82, 2.24) is 9.88 Å². The summed E-state index contributed by atoms with van der Waals surface area (Å²) in [6.45, 7) is 2.05. The fourth-order valence-corrected chi connectivity index (χ4v) is 2.21. The van der Waals surface area contributed by atoms with E-state index in [0.29, 0.717) is 23.0 Å². The van der Waals surface area contributed by atoms with Crippen LogP contribution in [0.3, 0.4) is 0 Å². The average molecular weight is 292 g/mol. The maximum Gasteiger partial charge on any atom is 0.255 e. The van der Waals surface area contributed by atoms with Gasteiger partial charge in [-0.15, -0.1) is 0 Å². The van der Waals surface area contributed by atoms with Gasteiger partial charge in [-0.2, -0.15) is 0 Å². The first-order valence-corrected chi connectivity index (χ1v) is 6.53. The number of rotatable bonds is 4. The summed E-state index contributed by atoms with van der Waals surface area (Å²) in [6, 6.07) is 8.72. The van der Waals surface area contributed by atoms with Gasteiger partial charge in [0.15, 0.2) is 0 Å². The SMILES string of the molecule is CCN(CC(N)=O)C(=O)c1cc(Cl)nc2ccccc12. The Kier molecular flexibility index (Phi) is 4.20. The summed E-state index contributed by atoms with van der Waals surface area (Å²) >= 11 is 5.95. The van der Waals surface area contributed by atoms with E-state index in [0.717, 1.165) is 0 Å². The highest BCUT2D eigenvalue weighted by molar-refractivity contribution is 6.30. The number of nitrogens with zero attached hydrogens (tertiary/aromatic N) is 2. The van der Waals surface area contributed by atoms with Crippen molar-refractivity contribution in [3.8, 4) is 0 Å². The van der Waals surface area contributed by atoms with Gasteiger partial charge in [-0.25, -0.2) is 4.98 Å². The summed E-state index contributed by atoms with van der Waals surface area (Å²) in [4.78, 5) is 29.1. The molecule has 6 heteroatoms. The number of carbonyl (C=O) groups excluding carboxylic acids is 2. The van der Waals surface area contributed by atoms with Crippen LogP contribution in [-0.2, 0) is 4.79 Å². The van der Waals surface area contributed by atoms with Crippen LogP contribution < -0.4 is 5.73 Å². The molecule has 1 heterocycles. The highest BCUT2D eigenvalue weighted by Gasteiger charge is 2.19. The molecule has 0 saturated heterocycles. The van der Waals surface area contributed by atoms with Crippen LogP contribution in [0, 0.1) is 0 Å². The normalized spacial score (nSPS) is 10.5. The summed E-state index contributed by atoms with van der Waals surface area (Å²) in [6.07, 6.45) is 0. The lowest BCUT2D eigenvalue weighted by atomic mass is 10.1. The smallest absolute Gasteiger partial charge is 0.255 e. The van der Waals surface area contributed by atoms with Crippen molar-refractivity contribution >= 4 is 34.3 Å². The number of halogens is 1. The molecule has 0 spiro atoms. The Labute approximate surface area is 121 Å². The first kappa shape index (κ1) is 14.3. The number of hydrogen-bond donors (Lipinski definition) is 1. The standard InChI is InChI=1S/C14H14ClN3O2/c1-2-18(8-13(16)19)14(20)10-7-12(15)17-11-6-4-3-5-9(10)11/h3-7H,2,8H2,1H3,(H2,16,19). The van der Waals surface area contributed by atoms with E-state index in [-0.39, 0.29) is 17.6 Å². The number of likely N-dealkylation sites (N-methyl/N-ethyl adjacent to an activating group) is 1. The van der Waals surface area contributed by atoms with Crippen LogP contribution in [0.25, 0.3) is 10.9 Å². The van der Waals surface area contributed by atoms with Crippen LogP contribution in [-0.4, -0.2) is 34.8 Å². The Bertz CT molecular complexity index is 673. The maximum absolute atomic E-state index is 12.5. The van der Waals surface area contributed by atoms with Crippen molar-refractivity contribution in [2.24, 2.45) is 5.73 Å². The third-order valence-corrected chi connectivity index (χ3v) is 3.12. The van der Waals surface area contributed by atoms with Gasteiger partial charge in [-0.1, -0.05) is 29.8 Å². The molecule has 0 aliphatic carbocycles. The lowest BCUT2D eigenvalue weighted by Crippen LogP contribution is -2.38. The molecular formula is C14H14ClN3O2. The molecule has 20 heavy (non-hydrogen) atoms. The molecule has 5 nitrogen and oxygen atoms in total. The number of fused-ring (bicyclic) bond motifs is 1. The predicted octanol–water partition coefficient (Wildman–Crippen LogP) is 1.84. The third-order valence-electron chi connectivity index (χ3n) is 2.93. The molecule has 2 amide bonds. The molecule has 1 aromatic carbocycles. The molecule has 0 saturated carbocycles. The Morgan fingerprint density at radius 1 is 1.35 bits per heavy atom. The van der Waals surface area contributed by atoms with Crippen LogP contribution in [0.4, 0.5) is 0 Å². The molecule has 2 N–H and O–H groups in total. The van der Waals surface area contributed by atoms with Crippen LogP contribution >= 0.6 is 11.6 Å². The maximum atomic E-state index is 12.5. The van der Waals surface area contributed by atoms with E-state index in [1.165, 1.54) is 11.0 Å². The van der Waals surface area contributed by atoms with E-state index in [9.17, 15) is 9.59 Å². The fourth-order valence-electron chi connectivity index (χ4n) is 2.01. The molecule has 0 atom stereocenters. The Morgan fingerprint density at radius 3 is 2.70 bits per heavy atom. The molecule has 2 rings (SSSR count). The van der Waals surface area contributed by atoms with Crippen molar-refractivity contribution < 1.29 is 9.59 Å². The van der Waals surface area contributed by atoms with E-state index in [4.69, 9.17) is 17.3 Å². The van der Waals surface area contributed by atoms with Crippen LogP contribution in [0.15, 0.2) is 30.3 Å². The second-order valence-corrected chi connectivity index (χ2v) is 4.68. The third kappa shape index (κ3) is 2.88. The van der Waals surface area contributed by atoms with Crippen molar-refractivity contribution in [3.05, 3.63) is 41.0 Å². The molecule has 0 aliphatic rings. The van der Waals surface area contributed by atoms with Crippen molar-refractivity contribution in [2.45, 2.75) is 6.92 Å². The highest BCUT2D eigenvalue weighted by Crippen LogP contribution is 2.22. The number of primary amides is 1. The van der Waals surface area contributed by atoms with Crippen LogP contribution in [0.2, 0.25) is 5.15 Å². The van der Waals surface area contributed by atoms with Gasteiger partial charge in [0.2, 0.25) is 5.91 Å². The van der Waals surface area contributed by atoms with E-state index < -0.39 is 5.91 Å². The van der Waals surface area contributed by atoms with Gasteiger partial charge in [0.1, 0.15) is 5.15 Å². The Morgan fingerprint density at radius 2 is 2.05 bits per heavy atom. The number of amides is 2. The van der Waals surface area contributed by atoms with E-state index in [1.807, 2.05) is 12.1 Å². The lowest BCUT2D eigenvalue weighted by Gasteiger charge is -2.20. The quantitative estimate of drug-likeness (QED) is 0.873. The summed E-state index contributed by atoms with van der Waals surface area (Å²) in [5.41, 5.74) is 6.21. The average Bonchev–Trinajstić information content (AvgIpc) is 2.42. The Balaban J connectivity index is 2.50. The zero-order valence-corrected chi connectivity index (χ0v) is 11.7. The molecule has 0 bridgehead atoms. The van der Waals surface area contributed by atoms with Gasteiger partial charge < -0.3 is 10.6 Å². The van der Waals surface area contributed by atoms with E-state index in [2.05, 4.69) is 4.98 Å². The van der Waals surface area contributed by atoms with Crippen molar-refractivity contribution in [1.29, 1.82) is 0 Å². The highest BCUT2D eigenvalue weighted by atomic mass is 35.5. The number of carbonyl (C=O) groups is 2. The van der Waals surface area contributed by atoms with Gasteiger partial charge in [-0.05, 0) is 19.1 Å². The minimum atomic E-state index is -0.551. The fraction of sp³-hybridized carbons (Fsp3) is 0.214. The van der Waals surface area contributed by atoms with Crippen molar-refractivity contribution in [3.63, 3.8) is 0 Å². The Hall–Kier alpha value is -2.14. The first-order valence-electron chi connectivity index (χ1n) is 6.15. The summed E-state index contributed by atoms with van der Waals surface area (Å²) in [5, 5.41) is 0.937. The second-order valence-electron chi connectivity index (χ2n) is 4.30. The predicted molar refractivity (Wildman–Crippen MR) is 77.5 cm³/mol. The molecule has 0 fully saturated rings. The van der Waals surface area contributed by atoms with Crippen LogP contribution in [0.5, 0.6) is 0 Å². The second kappa shape index (κ2) is 5.88. The summed E-state index contributed by atoms with van der Waals surface area (Å²) in [5.74, 6) is -0.837. The minimum absolute atomic E-state index is 0.121. The number of benzene rings is 1. The zero-order valence-electron chi connectivity index (χ0n) is 11.0. The summed E-state index contributed by atoms with van der Waals surface area (Å²) < 4.78 is 0. The van der Waals surface area contributed by atoms with Gasteiger partial charge >= 0.3 is 0 Å². The number of aromatic nitrogens is 1. The van der Waals surface area contributed by atoms with Gasteiger partial charge in [0.25, 0.3) is 5.91 Å².